The Morgan fingerprint density at radius 1 is 1.08 bits per heavy atom. The van der Waals surface area contributed by atoms with Gasteiger partial charge in [0.25, 0.3) is 5.56 Å². The maximum absolute atomic E-state index is 12.7. The number of rotatable bonds is 2. The van der Waals surface area contributed by atoms with Crippen LogP contribution in [-0.2, 0) is 25.4 Å². The molecule has 0 fully saturated rings. The van der Waals surface area contributed by atoms with Crippen molar-refractivity contribution in [2.75, 3.05) is 32.1 Å². The molecule has 9 heteroatoms. The maximum atomic E-state index is 12.7. The number of hydrogen-bond acceptors (Lipinski definition) is 5. The smallest absolute Gasteiger partial charge is 0.304 e. The van der Waals surface area contributed by atoms with E-state index in [1.165, 1.54) is 11.6 Å². The quantitative estimate of drug-likeness (QED) is 0.731. The average Bonchev–Trinajstić information content (AvgIpc) is 2.89. The summed E-state index contributed by atoms with van der Waals surface area (Å²) in [5.41, 5.74) is -0.0935. The lowest BCUT2D eigenvalue weighted by molar-refractivity contribution is -0.119. The summed E-state index contributed by atoms with van der Waals surface area (Å²) in [5, 5.41) is 0. The molecule has 1 aliphatic heterocycles. The molecule has 0 N–H and O–H groups in total. The first-order chi connectivity index (χ1) is 11.8. The molecule has 0 aliphatic carbocycles. The van der Waals surface area contributed by atoms with E-state index < -0.39 is 5.69 Å². The molecule has 0 saturated carbocycles. The molecule has 1 amide bonds. The van der Waals surface area contributed by atoms with Gasteiger partial charge in [-0.25, -0.2) is 4.79 Å². The van der Waals surface area contributed by atoms with E-state index in [4.69, 9.17) is 0 Å². The van der Waals surface area contributed by atoms with Crippen molar-refractivity contribution in [3.63, 3.8) is 0 Å². The van der Waals surface area contributed by atoms with Crippen LogP contribution in [0.15, 0.2) is 9.59 Å². The van der Waals surface area contributed by atoms with E-state index in [9.17, 15) is 14.4 Å². The van der Waals surface area contributed by atoms with Gasteiger partial charge in [0.05, 0.1) is 6.54 Å². The normalized spacial score (nSPS) is 15.3. The highest BCUT2D eigenvalue weighted by Crippen LogP contribution is 2.23. The molecule has 0 atom stereocenters. The highest BCUT2D eigenvalue weighted by Gasteiger charge is 2.27. The molecule has 9 nitrogen and oxygen atoms in total. The van der Waals surface area contributed by atoms with Crippen LogP contribution >= 0.6 is 0 Å². The first kappa shape index (κ1) is 17.4. The van der Waals surface area contributed by atoms with Gasteiger partial charge in [0.15, 0.2) is 11.2 Å². The lowest BCUT2D eigenvalue weighted by atomic mass is 10.2. The van der Waals surface area contributed by atoms with E-state index in [1.807, 2.05) is 19.0 Å². The third kappa shape index (κ3) is 2.88. The number of hydrogen-bond donors (Lipinski definition) is 0. The summed E-state index contributed by atoms with van der Waals surface area (Å²) < 4.78 is 4.25. The zero-order valence-electron chi connectivity index (χ0n) is 15.2. The van der Waals surface area contributed by atoms with Crippen LogP contribution in [0, 0.1) is 0 Å². The lowest BCUT2D eigenvalue weighted by Crippen LogP contribution is -2.41. The number of fused-ring (bicyclic) bond motifs is 3. The van der Waals surface area contributed by atoms with Gasteiger partial charge in [0, 0.05) is 27.2 Å². The number of anilines is 1. The van der Waals surface area contributed by atoms with Gasteiger partial charge < -0.3 is 9.47 Å². The second-order valence-electron chi connectivity index (χ2n) is 6.79. The van der Waals surface area contributed by atoms with E-state index in [0.29, 0.717) is 30.2 Å². The molecule has 0 unspecified atom stereocenters. The van der Waals surface area contributed by atoms with Crippen LogP contribution in [0.4, 0.5) is 5.95 Å². The first-order valence-electron chi connectivity index (χ1n) is 8.44. The van der Waals surface area contributed by atoms with Crippen molar-refractivity contribution in [3.8, 4) is 0 Å². The van der Waals surface area contributed by atoms with Crippen molar-refractivity contribution in [1.82, 2.24) is 23.6 Å². The van der Waals surface area contributed by atoms with Crippen molar-refractivity contribution in [1.29, 1.82) is 0 Å². The van der Waals surface area contributed by atoms with Gasteiger partial charge in [0.1, 0.15) is 0 Å². The van der Waals surface area contributed by atoms with Gasteiger partial charge in [-0.2, -0.15) is 4.98 Å². The number of likely N-dealkylation sites (N-methyl/N-ethyl adjacent to an activating group) is 1. The Morgan fingerprint density at radius 2 is 1.76 bits per heavy atom. The standard InChI is InChI=1S/C16H24N6O3/c1-18(2)10-11(23)21-8-6-5-7-9-22-12-13(17-15(21)22)19(3)16(25)20(4)14(12)24/h5-10H2,1-4H3. The minimum Gasteiger partial charge on any atom is -0.304 e. The number of amides is 1. The summed E-state index contributed by atoms with van der Waals surface area (Å²) in [6.45, 7) is 1.43. The maximum Gasteiger partial charge on any atom is 0.332 e. The fourth-order valence-electron chi connectivity index (χ4n) is 3.26. The molecule has 0 bridgehead atoms. The number of aromatic nitrogens is 4. The molecule has 3 heterocycles. The van der Waals surface area contributed by atoms with Gasteiger partial charge >= 0.3 is 5.69 Å². The third-order valence-corrected chi connectivity index (χ3v) is 4.59. The molecule has 0 saturated heterocycles. The minimum atomic E-state index is -0.422. The van der Waals surface area contributed by atoms with E-state index in [2.05, 4.69) is 4.98 Å². The molecule has 0 aromatic carbocycles. The Kier molecular flexibility index (Phi) is 4.51. The second-order valence-corrected chi connectivity index (χ2v) is 6.79. The van der Waals surface area contributed by atoms with Crippen LogP contribution < -0.4 is 16.1 Å². The zero-order chi connectivity index (χ0) is 18.3. The fraction of sp³-hybridized carbons (Fsp3) is 0.625. The Bertz CT molecular complexity index is 936. The number of aryl methyl sites for hydroxylation is 2. The predicted octanol–water partition coefficient (Wildman–Crippen LogP) is -0.488. The molecule has 3 rings (SSSR count). The summed E-state index contributed by atoms with van der Waals surface area (Å²) >= 11 is 0. The van der Waals surface area contributed by atoms with Crippen LogP contribution in [0.5, 0.6) is 0 Å². The van der Waals surface area contributed by atoms with Gasteiger partial charge in [0.2, 0.25) is 11.9 Å². The van der Waals surface area contributed by atoms with Gasteiger partial charge in [-0.15, -0.1) is 0 Å². The Labute approximate surface area is 145 Å². The number of nitrogens with zero attached hydrogens (tertiary/aromatic N) is 6. The molecule has 0 radical (unpaired) electrons. The summed E-state index contributed by atoms with van der Waals surface area (Å²) in [6.07, 6.45) is 2.76. The van der Waals surface area contributed by atoms with Crippen LogP contribution in [0.3, 0.4) is 0 Å². The predicted molar refractivity (Wildman–Crippen MR) is 95.0 cm³/mol. The third-order valence-electron chi connectivity index (χ3n) is 4.59. The zero-order valence-corrected chi connectivity index (χ0v) is 15.2. The molecule has 0 spiro atoms. The average molecular weight is 348 g/mol. The number of imidazole rings is 1. The molecular weight excluding hydrogens is 324 g/mol. The van der Waals surface area contributed by atoms with Crippen molar-refractivity contribution in [2.24, 2.45) is 14.1 Å². The van der Waals surface area contributed by atoms with Crippen LogP contribution in [0.1, 0.15) is 19.3 Å². The Hall–Kier alpha value is -2.42. The summed E-state index contributed by atoms with van der Waals surface area (Å²) in [5.74, 6) is 0.394. The fourth-order valence-corrected chi connectivity index (χ4v) is 3.26. The highest BCUT2D eigenvalue weighted by molar-refractivity contribution is 5.94. The molecule has 2 aromatic rings. The van der Waals surface area contributed by atoms with Crippen LogP contribution in [0.25, 0.3) is 11.2 Å². The van der Waals surface area contributed by atoms with Crippen molar-refractivity contribution < 1.29 is 4.79 Å². The molecule has 2 aromatic heterocycles. The van der Waals surface area contributed by atoms with Crippen LogP contribution in [-0.4, -0.2) is 56.7 Å². The van der Waals surface area contributed by atoms with Crippen molar-refractivity contribution in [3.05, 3.63) is 20.8 Å². The Morgan fingerprint density at radius 3 is 2.44 bits per heavy atom. The summed E-state index contributed by atoms with van der Waals surface area (Å²) in [7, 11) is 6.73. The molecule has 136 valence electrons. The van der Waals surface area contributed by atoms with Crippen molar-refractivity contribution >= 4 is 23.0 Å². The largest absolute Gasteiger partial charge is 0.332 e. The van der Waals surface area contributed by atoms with E-state index in [1.54, 1.807) is 16.5 Å². The monoisotopic (exact) mass is 348 g/mol. The van der Waals surface area contributed by atoms with Crippen LogP contribution in [0.2, 0.25) is 0 Å². The van der Waals surface area contributed by atoms with Gasteiger partial charge in [-0.05, 0) is 33.4 Å². The summed E-state index contributed by atoms with van der Waals surface area (Å²) in [4.78, 5) is 45.5. The van der Waals surface area contributed by atoms with Gasteiger partial charge in [-0.1, -0.05) is 0 Å². The first-order valence-corrected chi connectivity index (χ1v) is 8.44. The second kappa shape index (κ2) is 6.47. The summed E-state index contributed by atoms with van der Waals surface area (Å²) in [6, 6.07) is 0. The van der Waals surface area contributed by atoms with E-state index in [-0.39, 0.29) is 18.0 Å². The number of carbonyl (C=O) groups excluding carboxylic acids is 1. The molecular formula is C16H24N6O3. The van der Waals surface area contributed by atoms with Crippen molar-refractivity contribution in [2.45, 2.75) is 25.8 Å². The topological polar surface area (TPSA) is 85.4 Å². The number of carbonyl (C=O) groups is 1. The van der Waals surface area contributed by atoms with E-state index in [0.717, 1.165) is 23.8 Å². The highest BCUT2D eigenvalue weighted by atomic mass is 16.2. The van der Waals surface area contributed by atoms with Gasteiger partial charge in [-0.3, -0.25) is 23.6 Å². The minimum absolute atomic E-state index is 0.0646. The lowest BCUT2D eigenvalue weighted by Gasteiger charge is -2.26. The Balaban J connectivity index is 2.27. The molecule has 1 aliphatic rings. The SMILES string of the molecule is CN(C)CC(=O)N1CCCCCn2c1nc1c2c(=O)n(C)c(=O)n1C. The van der Waals surface area contributed by atoms with E-state index >= 15 is 0 Å². The molecule has 25 heavy (non-hydrogen) atoms.